The summed E-state index contributed by atoms with van der Waals surface area (Å²) in [5, 5.41) is 3.72. The summed E-state index contributed by atoms with van der Waals surface area (Å²) in [5.41, 5.74) is 2.61. The number of ether oxygens (including phenoxy) is 1. The Bertz CT molecular complexity index is 1090. The summed E-state index contributed by atoms with van der Waals surface area (Å²) in [4.78, 5) is 16.8. The van der Waals surface area contributed by atoms with Crippen molar-refractivity contribution in [3.05, 3.63) is 77.9 Å². The molecule has 7 heteroatoms. The first-order valence-electron chi connectivity index (χ1n) is 13.6. The minimum absolute atomic E-state index is 0.337. The summed E-state index contributed by atoms with van der Waals surface area (Å²) in [7, 11) is 4.09. The zero-order chi connectivity index (χ0) is 25.5. The van der Waals surface area contributed by atoms with E-state index in [1.54, 1.807) is 0 Å². The third kappa shape index (κ3) is 7.21. The third-order valence-corrected chi connectivity index (χ3v) is 7.42. The normalized spacial score (nSPS) is 20.5. The molecular weight excluding hydrogens is 460 g/mol. The molecule has 1 saturated heterocycles. The molecule has 0 unspecified atom stereocenters. The highest BCUT2D eigenvalue weighted by Gasteiger charge is 2.24. The molecule has 1 aromatic heterocycles. The molecule has 1 aliphatic carbocycles. The Kier molecular flexibility index (Phi) is 8.53. The second-order valence-electron chi connectivity index (χ2n) is 10.5. The molecule has 7 nitrogen and oxygen atoms in total. The van der Waals surface area contributed by atoms with Gasteiger partial charge in [-0.25, -0.2) is 0 Å². The second kappa shape index (κ2) is 12.4. The van der Waals surface area contributed by atoms with Gasteiger partial charge in [0.25, 0.3) is 0 Å². The smallest absolute Gasteiger partial charge is 0.229 e. The van der Waals surface area contributed by atoms with Gasteiger partial charge < -0.3 is 19.9 Å². The molecular formula is C30H40N6O. The first-order chi connectivity index (χ1) is 18.1. The van der Waals surface area contributed by atoms with E-state index in [1.165, 1.54) is 11.1 Å². The Labute approximate surface area is 221 Å². The van der Waals surface area contributed by atoms with Crippen LogP contribution in [0, 0.1) is 0 Å². The molecule has 0 amide bonds. The van der Waals surface area contributed by atoms with E-state index in [9.17, 15) is 0 Å². The van der Waals surface area contributed by atoms with Crippen LogP contribution in [0.4, 0.5) is 17.6 Å². The lowest BCUT2D eigenvalue weighted by Crippen LogP contribution is -2.46. The van der Waals surface area contributed by atoms with Crippen LogP contribution in [-0.2, 0) is 17.9 Å². The van der Waals surface area contributed by atoms with Crippen molar-refractivity contribution < 1.29 is 4.74 Å². The van der Waals surface area contributed by atoms with E-state index in [4.69, 9.17) is 14.7 Å². The summed E-state index contributed by atoms with van der Waals surface area (Å²) < 4.78 is 6.19. The lowest BCUT2D eigenvalue weighted by molar-refractivity contribution is 0.0149. The van der Waals surface area contributed by atoms with E-state index in [0.29, 0.717) is 18.8 Å². The van der Waals surface area contributed by atoms with Crippen LogP contribution >= 0.6 is 0 Å². The average molecular weight is 501 g/mol. The Morgan fingerprint density at radius 1 is 0.838 bits per heavy atom. The number of hydrogen-bond donors (Lipinski definition) is 1. The van der Waals surface area contributed by atoms with E-state index in [0.717, 1.165) is 76.0 Å². The Morgan fingerprint density at radius 3 is 2.14 bits per heavy atom. The number of nitrogens with zero attached hydrogens (tertiary/aromatic N) is 5. The lowest BCUT2D eigenvalue weighted by Gasteiger charge is -2.35. The Hall–Kier alpha value is -3.16. The number of aromatic nitrogens is 2. The SMILES string of the molecule is CN(C)c1cc(NC2CCC(OCc3ccccc3)CC2)nc(N2CCN(Cc3ccccc3)CC2)n1. The van der Waals surface area contributed by atoms with Gasteiger partial charge in [0.05, 0.1) is 12.7 Å². The molecule has 0 bridgehead atoms. The predicted molar refractivity (Wildman–Crippen MR) is 151 cm³/mol. The molecule has 0 spiro atoms. The Morgan fingerprint density at radius 2 is 1.49 bits per heavy atom. The van der Waals surface area contributed by atoms with Crippen LogP contribution < -0.4 is 15.1 Å². The highest BCUT2D eigenvalue weighted by molar-refractivity contribution is 5.54. The van der Waals surface area contributed by atoms with Gasteiger partial charge in [-0.1, -0.05) is 60.7 Å². The Balaban J connectivity index is 1.15. The van der Waals surface area contributed by atoms with Crippen molar-refractivity contribution >= 4 is 17.6 Å². The minimum atomic E-state index is 0.337. The predicted octanol–water partition coefficient (Wildman–Crippen LogP) is 4.80. The maximum atomic E-state index is 6.19. The molecule has 1 saturated carbocycles. The van der Waals surface area contributed by atoms with Gasteiger partial charge in [0.15, 0.2) is 0 Å². The van der Waals surface area contributed by atoms with Gasteiger partial charge in [-0.2, -0.15) is 9.97 Å². The first kappa shape index (κ1) is 25.5. The quantitative estimate of drug-likeness (QED) is 0.453. The fourth-order valence-electron chi connectivity index (χ4n) is 5.19. The molecule has 2 heterocycles. The molecule has 5 rings (SSSR count). The summed E-state index contributed by atoms with van der Waals surface area (Å²) in [6, 6.07) is 23.7. The molecule has 1 aliphatic heterocycles. The van der Waals surface area contributed by atoms with Crippen molar-refractivity contribution in [3.8, 4) is 0 Å². The van der Waals surface area contributed by atoms with Crippen molar-refractivity contribution in [1.29, 1.82) is 0 Å². The lowest BCUT2D eigenvalue weighted by atomic mass is 9.93. The number of piperazine rings is 1. The highest BCUT2D eigenvalue weighted by atomic mass is 16.5. The monoisotopic (exact) mass is 500 g/mol. The van der Waals surface area contributed by atoms with Crippen molar-refractivity contribution in [2.45, 2.75) is 51.0 Å². The maximum absolute atomic E-state index is 6.19. The van der Waals surface area contributed by atoms with Crippen LogP contribution in [-0.4, -0.2) is 67.3 Å². The van der Waals surface area contributed by atoms with Crippen molar-refractivity contribution in [3.63, 3.8) is 0 Å². The van der Waals surface area contributed by atoms with Crippen LogP contribution in [0.3, 0.4) is 0 Å². The van der Waals surface area contributed by atoms with Gasteiger partial charge in [-0.15, -0.1) is 0 Å². The molecule has 0 radical (unpaired) electrons. The number of rotatable bonds is 9. The van der Waals surface area contributed by atoms with Crippen LogP contribution in [0.1, 0.15) is 36.8 Å². The fourth-order valence-corrected chi connectivity index (χ4v) is 5.19. The van der Waals surface area contributed by atoms with Gasteiger partial charge in [-0.3, -0.25) is 4.90 Å². The molecule has 2 aliphatic rings. The summed E-state index contributed by atoms with van der Waals surface area (Å²) in [6.07, 6.45) is 4.67. The van der Waals surface area contributed by atoms with Crippen molar-refractivity contribution in [2.75, 3.05) is 55.4 Å². The molecule has 0 atom stereocenters. The number of hydrogen-bond acceptors (Lipinski definition) is 7. The molecule has 37 heavy (non-hydrogen) atoms. The highest BCUT2D eigenvalue weighted by Crippen LogP contribution is 2.27. The van der Waals surface area contributed by atoms with Crippen LogP contribution in [0.25, 0.3) is 0 Å². The average Bonchev–Trinajstić information content (AvgIpc) is 2.94. The van der Waals surface area contributed by atoms with Crippen LogP contribution in [0.2, 0.25) is 0 Å². The largest absolute Gasteiger partial charge is 0.374 e. The zero-order valence-corrected chi connectivity index (χ0v) is 22.2. The van der Waals surface area contributed by atoms with E-state index in [2.05, 4.69) is 80.7 Å². The van der Waals surface area contributed by atoms with Crippen molar-refractivity contribution in [2.24, 2.45) is 0 Å². The van der Waals surface area contributed by atoms with Gasteiger partial charge in [0.1, 0.15) is 11.6 Å². The number of benzene rings is 2. The maximum Gasteiger partial charge on any atom is 0.229 e. The second-order valence-corrected chi connectivity index (χ2v) is 10.5. The molecule has 2 fully saturated rings. The fraction of sp³-hybridized carbons (Fsp3) is 0.467. The van der Waals surface area contributed by atoms with Crippen LogP contribution in [0.15, 0.2) is 66.7 Å². The number of anilines is 3. The minimum Gasteiger partial charge on any atom is -0.374 e. The molecule has 1 N–H and O–H groups in total. The third-order valence-electron chi connectivity index (χ3n) is 7.42. The van der Waals surface area contributed by atoms with Gasteiger partial charge >= 0.3 is 0 Å². The standard InChI is InChI=1S/C30H40N6O/c1-34(2)29-21-28(31-26-13-15-27(16-14-26)37-23-25-11-7-4-8-12-25)32-30(33-29)36-19-17-35(18-20-36)22-24-9-5-3-6-10-24/h3-12,21,26-27H,13-20,22-23H2,1-2H3,(H,31,32,33). The van der Waals surface area contributed by atoms with Gasteiger partial charge in [-0.05, 0) is 36.8 Å². The van der Waals surface area contributed by atoms with E-state index in [1.807, 2.05) is 20.2 Å². The van der Waals surface area contributed by atoms with Gasteiger partial charge in [0, 0.05) is 58.9 Å². The molecule has 3 aromatic rings. The van der Waals surface area contributed by atoms with Crippen LogP contribution in [0.5, 0.6) is 0 Å². The summed E-state index contributed by atoms with van der Waals surface area (Å²) in [5.74, 6) is 2.70. The van der Waals surface area contributed by atoms with E-state index < -0.39 is 0 Å². The summed E-state index contributed by atoms with van der Waals surface area (Å²) in [6.45, 7) is 5.60. The molecule has 196 valence electrons. The van der Waals surface area contributed by atoms with E-state index in [-0.39, 0.29) is 0 Å². The number of nitrogens with one attached hydrogen (secondary N) is 1. The molecule has 2 aromatic carbocycles. The van der Waals surface area contributed by atoms with Crippen molar-refractivity contribution in [1.82, 2.24) is 14.9 Å². The first-order valence-corrected chi connectivity index (χ1v) is 13.6. The van der Waals surface area contributed by atoms with Gasteiger partial charge in [0.2, 0.25) is 5.95 Å². The summed E-state index contributed by atoms with van der Waals surface area (Å²) >= 11 is 0. The zero-order valence-electron chi connectivity index (χ0n) is 22.2. The van der Waals surface area contributed by atoms with E-state index >= 15 is 0 Å². The topological polar surface area (TPSA) is 56.8 Å².